The zero-order valence-corrected chi connectivity index (χ0v) is 6.48. The zero-order chi connectivity index (χ0) is 8.72. The summed E-state index contributed by atoms with van der Waals surface area (Å²) in [6, 6.07) is 2.05. The molecule has 0 saturated heterocycles. The highest BCUT2D eigenvalue weighted by Crippen LogP contribution is 2.31. The predicted molar refractivity (Wildman–Crippen MR) is 41.6 cm³/mol. The Labute approximate surface area is 69.2 Å². The first-order chi connectivity index (χ1) is 5.68. The summed E-state index contributed by atoms with van der Waals surface area (Å²) in [5.41, 5.74) is 6.87. The van der Waals surface area contributed by atoms with Crippen LogP contribution in [0.4, 0.5) is 8.78 Å². The molecule has 2 N–H and O–H groups in total. The maximum Gasteiger partial charge on any atom is 0.129 e. The number of rotatable bonds is 0. The van der Waals surface area contributed by atoms with Crippen LogP contribution in [0.5, 0.6) is 0 Å². The van der Waals surface area contributed by atoms with Crippen molar-refractivity contribution in [2.45, 2.75) is 18.9 Å². The van der Waals surface area contributed by atoms with Crippen molar-refractivity contribution in [3.63, 3.8) is 0 Å². The summed E-state index contributed by atoms with van der Waals surface area (Å²) in [7, 11) is 0. The molecule has 12 heavy (non-hydrogen) atoms. The minimum atomic E-state index is -0.538. The highest BCUT2D eigenvalue weighted by molar-refractivity contribution is 5.35. The summed E-state index contributed by atoms with van der Waals surface area (Å²) in [4.78, 5) is 0. The minimum absolute atomic E-state index is 0.190. The topological polar surface area (TPSA) is 26.0 Å². The highest BCUT2D eigenvalue weighted by atomic mass is 19.1. The summed E-state index contributed by atoms with van der Waals surface area (Å²) >= 11 is 0. The molecule has 1 aromatic rings. The van der Waals surface area contributed by atoms with Crippen LogP contribution >= 0.6 is 0 Å². The van der Waals surface area contributed by atoms with Gasteiger partial charge in [0, 0.05) is 12.1 Å². The van der Waals surface area contributed by atoms with Gasteiger partial charge in [-0.25, -0.2) is 8.78 Å². The molecule has 0 amide bonds. The van der Waals surface area contributed by atoms with E-state index in [1.54, 1.807) is 0 Å². The molecule has 1 nitrogen and oxygen atoms in total. The maximum atomic E-state index is 13.0. The second-order valence-electron chi connectivity index (χ2n) is 3.10. The Kier molecular flexibility index (Phi) is 1.61. The van der Waals surface area contributed by atoms with Gasteiger partial charge in [-0.3, -0.25) is 0 Å². The quantitative estimate of drug-likeness (QED) is 0.630. The van der Waals surface area contributed by atoms with Crippen LogP contribution in [0.3, 0.4) is 0 Å². The van der Waals surface area contributed by atoms with E-state index in [1.807, 2.05) is 0 Å². The van der Waals surface area contributed by atoms with Crippen LogP contribution in [0.2, 0.25) is 0 Å². The van der Waals surface area contributed by atoms with Gasteiger partial charge in [-0.1, -0.05) is 0 Å². The lowest BCUT2D eigenvalue weighted by molar-refractivity contribution is 0.573. The smallest absolute Gasteiger partial charge is 0.129 e. The molecule has 0 unspecified atom stereocenters. The van der Waals surface area contributed by atoms with E-state index >= 15 is 0 Å². The Morgan fingerprint density at radius 2 is 2.08 bits per heavy atom. The molecule has 0 spiro atoms. The van der Waals surface area contributed by atoms with Gasteiger partial charge in [0.2, 0.25) is 0 Å². The molecule has 2 rings (SSSR count). The van der Waals surface area contributed by atoms with E-state index in [9.17, 15) is 8.78 Å². The molecule has 1 aromatic carbocycles. The summed E-state index contributed by atoms with van der Waals surface area (Å²) in [5.74, 6) is -0.999. The van der Waals surface area contributed by atoms with E-state index in [2.05, 4.69) is 0 Å². The van der Waals surface area contributed by atoms with Crippen molar-refractivity contribution in [2.75, 3.05) is 0 Å². The van der Waals surface area contributed by atoms with Crippen LogP contribution in [0, 0.1) is 11.6 Å². The summed E-state index contributed by atoms with van der Waals surface area (Å²) < 4.78 is 25.7. The van der Waals surface area contributed by atoms with Crippen LogP contribution in [0.25, 0.3) is 0 Å². The van der Waals surface area contributed by atoms with E-state index in [4.69, 9.17) is 5.73 Å². The molecule has 0 heterocycles. The number of hydrogen-bond donors (Lipinski definition) is 1. The first-order valence-corrected chi connectivity index (χ1v) is 3.92. The lowest BCUT2D eigenvalue weighted by Gasteiger charge is -2.04. The fraction of sp³-hybridized carbons (Fsp3) is 0.333. The van der Waals surface area contributed by atoms with Gasteiger partial charge < -0.3 is 5.73 Å². The molecule has 0 radical (unpaired) electrons. The second-order valence-corrected chi connectivity index (χ2v) is 3.10. The van der Waals surface area contributed by atoms with E-state index in [1.165, 1.54) is 6.07 Å². The normalized spacial score (nSPS) is 21.1. The summed E-state index contributed by atoms with van der Waals surface area (Å²) in [6.07, 6.45) is 1.35. The fourth-order valence-electron chi connectivity index (χ4n) is 1.67. The number of hydrogen-bond acceptors (Lipinski definition) is 1. The molecule has 0 fully saturated rings. The van der Waals surface area contributed by atoms with Crippen LogP contribution in [-0.4, -0.2) is 0 Å². The third-order valence-corrected chi connectivity index (χ3v) is 2.30. The molecule has 0 bridgehead atoms. The highest BCUT2D eigenvalue weighted by Gasteiger charge is 2.22. The molecule has 0 aliphatic heterocycles. The van der Waals surface area contributed by atoms with Crippen LogP contribution in [-0.2, 0) is 6.42 Å². The van der Waals surface area contributed by atoms with Crippen molar-refractivity contribution in [3.8, 4) is 0 Å². The molecule has 0 saturated carbocycles. The Balaban J connectivity index is 2.60. The largest absolute Gasteiger partial charge is 0.324 e. The molecule has 64 valence electrons. The average Bonchev–Trinajstić information content (AvgIpc) is 2.33. The van der Waals surface area contributed by atoms with Crippen molar-refractivity contribution in [1.82, 2.24) is 0 Å². The average molecular weight is 169 g/mol. The molecule has 1 aliphatic rings. The Hall–Kier alpha value is -0.960. The van der Waals surface area contributed by atoms with Crippen molar-refractivity contribution < 1.29 is 8.78 Å². The van der Waals surface area contributed by atoms with E-state index in [-0.39, 0.29) is 6.04 Å². The van der Waals surface area contributed by atoms with E-state index in [0.717, 1.165) is 12.5 Å². The number of benzene rings is 1. The van der Waals surface area contributed by atoms with Crippen LogP contribution < -0.4 is 5.73 Å². The van der Waals surface area contributed by atoms with Gasteiger partial charge in [0.1, 0.15) is 11.6 Å². The summed E-state index contributed by atoms with van der Waals surface area (Å²) in [6.45, 7) is 0. The fourth-order valence-corrected chi connectivity index (χ4v) is 1.67. The minimum Gasteiger partial charge on any atom is -0.324 e. The molecule has 1 atom stereocenters. The lowest BCUT2D eigenvalue weighted by atomic mass is 10.1. The monoisotopic (exact) mass is 169 g/mol. The SMILES string of the molecule is N[C@@H]1CCc2c(F)cc(F)cc21. The first kappa shape index (κ1) is 7.68. The third-order valence-electron chi connectivity index (χ3n) is 2.30. The Bertz CT molecular complexity index is 323. The van der Waals surface area contributed by atoms with Gasteiger partial charge in [0.05, 0.1) is 0 Å². The molecule has 0 aromatic heterocycles. The standard InChI is InChI=1S/C9H9F2N/c10-5-3-7-6(8(11)4-5)1-2-9(7)12/h3-4,9H,1-2,12H2/t9-/m1/s1. The van der Waals surface area contributed by atoms with Crippen LogP contribution in [0.1, 0.15) is 23.6 Å². The van der Waals surface area contributed by atoms with Gasteiger partial charge >= 0.3 is 0 Å². The first-order valence-electron chi connectivity index (χ1n) is 3.92. The Morgan fingerprint density at radius 1 is 1.33 bits per heavy atom. The number of nitrogens with two attached hydrogens (primary N) is 1. The van der Waals surface area contributed by atoms with E-state index in [0.29, 0.717) is 17.5 Å². The molecular formula is C9H9F2N. The third kappa shape index (κ3) is 1.01. The molecule has 1 aliphatic carbocycles. The number of halogens is 2. The van der Waals surface area contributed by atoms with E-state index < -0.39 is 11.6 Å². The maximum absolute atomic E-state index is 13.0. The molecule has 3 heteroatoms. The van der Waals surface area contributed by atoms with Gasteiger partial charge in [0.15, 0.2) is 0 Å². The van der Waals surface area contributed by atoms with Gasteiger partial charge in [-0.15, -0.1) is 0 Å². The lowest BCUT2D eigenvalue weighted by Crippen LogP contribution is -2.05. The van der Waals surface area contributed by atoms with Crippen molar-refractivity contribution in [1.29, 1.82) is 0 Å². The Morgan fingerprint density at radius 3 is 2.83 bits per heavy atom. The summed E-state index contributed by atoms with van der Waals surface area (Å²) in [5, 5.41) is 0. The molecular weight excluding hydrogens is 160 g/mol. The van der Waals surface area contributed by atoms with Crippen LogP contribution in [0.15, 0.2) is 12.1 Å². The zero-order valence-electron chi connectivity index (χ0n) is 6.48. The second kappa shape index (κ2) is 2.52. The van der Waals surface area contributed by atoms with Gasteiger partial charge in [-0.2, -0.15) is 0 Å². The predicted octanol–water partition coefficient (Wildman–Crippen LogP) is 1.91. The van der Waals surface area contributed by atoms with Crippen molar-refractivity contribution in [2.24, 2.45) is 5.73 Å². The number of fused-ring (bicyclic) bond motifs is 1. The van der Waals surface area contributed by atoms with Crippen molar-refractivity contribution >= 4 is 0 Å². The van der Waals surface area contributed by atoms with Gasteiger partial charge in [-0.05, 0) is 30.0 Å². The van der Waals surface area contributed by atoms with Gasteiger partial charge in [0.25, 0.3) is 0 Å². The van der Waals surface area contributed by atoms with Crippen molar-refractivity contribution in [3.05, 3.63) is 34.9 Å².